The molecule has 5 rings (SSSR count). The van der Waals surface area contributed by atoms with E-state index in [4.69, 9.17) is 0 Å². The fourth-order valence-corrected chi connectivity index (χ4v) is 5.42. The monoisotopic (exact) mass is 352 g/mol. The fraction of sp³-hybridized carbons (Fsp3) is 0.333. The van der Waals surface area contributed by atoms with E-state index >= 15 is 0 Å². The summed E-state index contributed by atoms with van der Waals surface area (Å²) in [5, 5.41) is 2.97. The summed E-state index contributed by atoms with van der Waals surface area (Å²) in [4.78, 5) is 0. The van der Waals surface area contributed by atoms with Crippen molar-refractivity contribution in [2.75, 3.05) is 0 Å². The maximum atomic E-state index is 2.45. The fourth-order valence-electron chi connectivity index (χ4n) is 5.42. The van der Waals surface area contributed by atoms with Gasteiger partial charge in [-0.3, -0.25) is 0 Å². The lowest BCUT2D eigenvalue weighted by Crippen LogP contribution is -2.04. The Balaban J connectivity index is 1.44. The average molecular weight is 353 g/mol. The van der Waals surface area contributed by atoms with E-state index < -0.39 is 0 Å². The van der Waals surface area contributed by atoms with Crippen molar-refractivity contribution >= 4 is 16.8 Å². The van der Waals surface area contributed by atoms with Crippen molar-refractivity contribution < 1.29 is 0 Å². The highest BCUT2D eigenvalue weighted by Gasteiger charge is 2.26. The molecule has 0 radical (unpaired) electrons. The number of benzene rings is 3. The normalized spacial score (nSPS) is 23.8. The van der Waals surface area contributed by atoms with Crippen LogP contribution in [0.3, 0.4) is 0 Å². The molecule has 2 aliphatic carbocycles. The Labute approximate surface area is 162 Å². The van der Waals surface area contributed by atoms with Gasteiger partial charge in [0.05, 0.1) is 0 Å². The van der Waals surface area contributed by atoms with E-state index in [9.17, 15) is 0 Å². The lowest BCUT2D eigenvalue weighted by atomic mass is 9.84. The predicted molar refractivity (Wildman–Crippen MR) is 116 cm³/mol. The number of hydrogen-bond acceptors (Lipinski definition) is 0. The zero-order chi connectivity index (χ0) is 18.2. The topological polar surface area (TPSA) is 0 Å². The van der Waals surface area contributed by atoms with Gasteiger partial charge in [0.2, 0.25) is 0 Å². The highest BCUT2D eigenvalue weighted by Crippen LogP contribution is 2.42. The molecular formula is C27H28. The largest absolute Gasteiger partial charge is 0.0764 e. The third-order valence-electron chi connectivity index (χ3n) is 6.94. The Hall–Kier alpha value is -2.34. The summed E-state index contributed by atoms with van der Waals surface area (Å²) < 4.78 is 0. The van der Waals surface area contributed by atoms with Gasteiger partial charge in [-0.05, 0) is 64.1 Å². The van der Waals surface area contributed by atoms with Crippen LogP contribution in [0.15, 0.2) is 66.7 Å². The predicted octanol–water partition coefficient (Wildman–Crippen LogP) is 7.49. The van der Waals surface area contributed by atoms with Gasteiger partial charge in [-0.2, -0.15) is 0 Å². The summed E-state index contributed by atoms with van der Waals surface area (Å²) in [7, 11) is 0. The van der Waals surface area contributed by atoms with Gasteiger partial charge < -0.3 is 0 Å². The van der Waals surface area contributed by atoms with Crippen molar-refractivity contribution in [2.45, 2.75) is 50.9 Å². The molecule has 0 heterocycles. The van der Waals surface area contributed by atoms with Crippen LogP contribution in [0.2, 0.25) is 0 Å². The minimum absolute atomic E-state index is 0.564. The highest BCUT2D eigenvalue weighted by molar-refractivity contribution is 5.89. The van der Waals surface area contributed by atoms with Crippen LogP contribution in [0.5, 0.6) is 0 Å². The van der Waals surface area contributed by atoms with Gasteiger partial charge in [-0.1, -0.05) is 92.6 Å². The smallest absolute Gasteiger partial charge is 0.00303 e. The SMILES string of the molecule is C[C@@H]1CCC[C@H]1c1ccc(CCC2C=Cc3ccccc32)c2ccccc12. The van der Waals surface area contributed by atoms with Crippen molar-refractivity contribution in [1.29, 1.82) is 0 Å². The summed E-state index contributed by atoms with van der Waals surface area (Å²) >= 11 is 0. The minimum atomic E-state index is 0.564. The van der Waals surface area contributed by atoms with Crippen LogP contribution in [-0.2, 0) is 6.42 Å². The number of rotatable bonds is 4. The molecule has 3 aromatic carbocycles. The van der Waals surface area contributed by atoms with E-state index in [2.05, 4.69) is 79.7 Å². The van der Waals surface area contributed by atoms with E-state index in [0.29, 0.717) is 5.92 Å². The van der Waals surface area contributed by atoms with E-state index in [1.807, 2.05) is 0 Å². The highest BCUT2D eigenvalue weighted by atomic mass is 14.3. The van der Waals surface area contributed by atoms with Gasteiger partial charge in [-0.15, -0.1) is 0 Å². The first-order valence-corrected chi connectivity index (χ1v) is 10.6. The lowest BCUT2D eigenvalue weighted by Gasteiger charge is -2.20. The molecule has 0 heteroatoms. The third kappa shape index (κ3) is 3.02. The zero-order valence-electron chi connectivity index (χ0n) is 16.2. The number of allylic oxidation sites excluding steroid dienone is 1. The maximum absolute atomic E-state index is 2.45. The quantitative estimate of drug-likeness (QED) is 0.456. The summed E-state index contributed by atoms with van der Waals surface area (Å²) in [6, 6.07) is 22.8. The second-order valence-corrected chi connectivity index (χ2v) is 8.51. The summed E-state index contributed by atoms with van der Waals surface area (Å²) in [6.07, 6.45) is 11.1. The van der Waals surface area contributed by atoms with Gasteiger partial charge in [0.15, 0.2) is 0 Å². The second kappa shape index (κ2) is 7.00. The van der Waals surface area contributed by atoms with Gasteiger partial charge in [0.25, 0.3) is 0 Å². The first kappa shape index (κ1) is 16.8. The maximum Gasteiger partial charge on any atom is 0.00303 e. The van der Waals surface area contributed by atoms with Crippen LogP contribution >= 0.6 is 0 Å². The van der Waals surface area contributed by atoms with E-state index in [-0.39, 0.29) is 0 Å². The Kier molecular flexibility index (Phi) is 4.36. The molecule has 0 amide bonds. The van der Waals surface area contributed by atoms with Crippen LogP contribution < -0.4 is 0 Å². The van der Waals surface area contributed by atoms with Gasteiger partial charge in [-0.25, -0.2) is 0 Å². The van der Waals surface area contributed by atoms with Gasteiger partial charge in [0.1, 0.15) is 0 Å². The van der Waals surface area contributed by atoms with E-state index in [1.165, 1.54) is 53.1 Å². The molecule has 0 N–H and O–H groups in total. The summed E-state index contributed by atoms with van der Waals surface area (Å²) in [5.41, 5.74) is 6.00. The molecule has 27 heavy (non-hydrogen) atoms. The molecule has 0 spiro atoms. The Bertz CT molecular complexity index is 994. The third-order valence-corrected chi connectivity index (χ3v) is 6.94. The van der Waals surface area contributed by atoms with Crippen molar-refractivity contribution in [1.82, 2.24) is 0 Å². The molecule has 1 fully saturated rings. The van der Waals surface area contributed by atoms with Crippen LogP contribution in [-0.4, -0.2) is 0 Å². The number of aryl methyl sites for hydroxylation is 1. The summed E-state index contributed by atoms with van der Waals surface area (Å²) in [6.45, 7) is 2.43. The van der Waals surface area contributed by atoms with E-state index in [1.54, 1.807) is 5.56 Å². The van der Waals surface area contributed by atoms with Gasteiger partial charge >= 0.3 is 0 Å². The van der Waals surface area contributed by atoms with Crippen LogP contribution in [0.4, 0.5) is 0 Å². The standard InChI is InChI=1S/C27H28/c1-19-7-6-12-23(19)27-18-17-22(25-10-4-5-11-26(25)27)16-15-21-14-13-20-8-2-3-9-24(20)21/h2-5,8-11,13-14,17-19,21,23H,6-7,12,15-16H2,1H3/t19-,21?,23-/m1/s1. The lowest BCUT2D eigenvalue weighted by molar-refractivity contribution is 0.536. The Morgan fingerprint density at radius 3 is 2.48 bits per heavy atom. The number of fused-ring (bicyclic) bond motifs is 2. The Morgan fingerprint density at radius 2 is 1.63 bits per heavy atom. The molecule has 0 aromatic heterocycles. The number of hydrogen-bond donors (Lipinski definition) is 0. The van der Waals surface area contributed by atoms with Gasteiger partial charge in [0, 0.05) is 5.92 Å². The molecule has 1 unspecified atom stereocenters. The average Bonchev–Trinajstić information content (AvgIpc) is 3.32. The minimum Gasteiger partial charge on any atom is -0.0764 e. The van der Waals surface area contributed by atoms with E-state index in [0.717, 1.165) is 18.3 Å². The molecule has 0 bridgehead atoms. The molecule has 0 nitrogen and oxygen atoms in total. The first-order valence-electron chi connectivity index (χ1n) is 10.6. The molecule has 2 aliphatic rings. The molecule has 0 aliphatic heterocycles. The van der Waals surface area contributed by atoms with Crippen LogP contribution in [0, 0.1) is 5.92 Å². The first-order chi connectivity index (χ1) is 13.3. The molecule has 0 saturated heterocycles. The van der Waals surface area contributed by atoms with Crippen LogP contribution in [0.25, 0.3) is 16.8 Å². The van der Waals surface area contributed by atoms with Crippen molar-refractivity contribution in [2.24, 2.45) is 5.92 Å². The van der Waals surface area contributed by atoms with Crippen molar-refractivity contribution in [3.8, 4) is 0 Å². The molecular weight excluding hydrogens is 324 g/mol. The van der Waals surface area contributed by atoms with Crippen LogP contribution in [0.1, 0.15) is 66.7 Å². The Morgan fingerprint density at radius 1 is 0.815 bits per heavy atom. The zero-order valence-corrected chi connectivity index (χ0v) is 16.2. The molecule has 3 atom stereocenters. The second-order valence-electron chi connectivity index (χ2n) is 8.51. The van der Waals surface area contributed by atoms with Crippen molar-refractivity contribution in [3.05, 3.63) is 89.0 Å². The molecule has 1 saturated carbocycles. The van der Waals surface area contributed by atoms with Crippen molar-refractivity contribution in [3.63, 3.8) is 0 Å². The summed E-state index contributed by atoms with van der Waals surface area (Å²) in [5.74, 6) is 2.13. The molecule has 3 aromatic rings. The molecule has 136 valence electrons.